The molecule has 0 bridgehead atoms. The van der Waals surface area contributed by atoms with Crippen molar-refractivity contribution >= 4 is 17.2 Å². The first-order valence-corrected chi connectivity index (χ1v) is 10.5. The van der Waals surface area contributed by atoms with E-state index >= 15 is 0 Å². The SMILES string of the molecule is Cc1ccc(-c2nc(C(=O)N(Cc3ccccn3)C3CCCNCC3)cs2)o1. The summed E-state index contributed by atoms with van der Waals surface area (Å²) in [6.07, 6.45) is 4.75. The quantitative estimate of drug-likeness (QED) is 0.708. The number of aromatic nitrogens is 2. The lowest BCUT2D eigenvalue weighted by Crippen LogP contribution is -2.40. The molecule has 1 fully saturated rings. The average Bonchev–Trinajstić information content (AvgIpc) is 3.29. The van der Waals surface area contributed by atoms with Crippen LogP contribution in [0.2, 0.25) is 0 Å². The number of pyridine rings is 1. The molecule has 146 valence electrons. The van der Waals surface area contributed by atoms with E-state index in [1.54, 1.807) is 6.20 Å². The molecular weight excluding hydrogens is 372 g/mol. The molecule has 0 aromatic carbocycles. The summed E-state index contributed by atoms with van der Waals surface area (Å²) >= 11 is 1.44. The Bertz CT molecular complexity index is 913. The van der Waals surface area contributed by atoms with Gasteiger partial charge in [-0.05, 0) is 63.5 Å². The molecule has 1 aliphatic rings. The summed E-state index contributed by atoms with van der Waals surface area (Å²) in [4.78, 5) is 24.3. The highest BCUT2D eigenvalue weighted by Crippen LogP contribution is 2.27. The van der Waals surface area contributed by atoms with Gasteiger partial charge in [-0.1, -0.05) is 6.07 Å². The number of nitrogens with zero attached hydrogens (tertiary/aromatic N) is 3. The molecule has 28 heavy (non-hydrogen) atoms. The van der Waals surface area contributed by atoms with Crippen LogP contribution in [0.15, 0.2) is 46.3 Å². The maximum atomic E-state index is 13.4. The summed E-state index contributed by atoms with van der Waals surface area (Å²) in [6.45, 7) is 4.32. The van der Waals surface area contributed by atoms with Crippen molar-refractivity contribution in [3.63, 3.8) is 0 Å². The second-order valence-electron chi connectivity index (χ2n) is 7.04. The molecule has 0 aliphatic carbocycles. The number of furan rings is 1. The van der Waals surface area contributed by atoms with Crippen LogP contribution in [0.1, 0.15) is 41.2 Å². The van der Waals surface area contributed by atoms with Crippen LogP contribution in [0, 0.1) is 6.92 Å². The lowest BCUT2D eigenvalue weighted by molar-refractivity contribution is 0.0637. The number of thiazole rings is 1. The Labute approximate surface area is 168 Å². The highest BCUT2D eigenvalue weighted by Gasteiger charge is 2.28. The highest BCUT2D eigenvalue weighted by atomic mass is 32.1. The Morgan fingerprint density at radius 2 is 2.21 bits per heavy atom. The largest absolute Gasteiger partial charge is 0.459 e. The van der Waals surface area contributed by atoms with E-state index < -0.39 is 0 Å². The first kappa shape index (κ1) is 18.8. The lowest BCUT2D eigenvalue weighted by atomic mass is 10.1. The van der Waals surface area contributed by atoms with Crippen molar-refractivity contribution in [2.75, 3.05) is 13.1 Å². The normalized spacial score (nSPS) is 17.2. The van der Waals surface area contributed by atoms with E-state index in [1.807, 2.05) is 47.5 Å². The van der Waals surface area contributed by atoms with Crippen LogP contribution >= 0.6 is 11.3 Å². The van der Waals surface area contributed by atoms with Gasteiger partial charge >= 0.3 is 0 Å². The van der Waals surface area contributed by atoms with Gasteiger partial charge in [0.25, 0.3) is 5.91 Å². The molecule has 6 nitrogen and oxygen atoms in total. The number of amides is 1. The molecule has 1 saturated heterocycles. The second-order valence-corrected chi connectivity index (χ2v) is 7.90. The Morgan fingerprint density at radius 3 is 3.00 bits per heavy atom. The minimum absolute atomic E-state index is 0.0386. The van der Waals surface area contributed by atoms with Gasteiger partial charge in [0.2, 0.25) is 0 Å². The summed E-state index contributed by atoms with van der Waals surface area (Å²) in [6, 6.07) is 9.80. The summed E-state index contributed by atoms with van der Waals surface area (Å²) in [5.74, 6) is 1.50. The number of hydrogen-bond donors (Lipinski definition) is 1. The van der Waals surface area contributed by atoms with Crippen molar-refractivity contribution < 1.29 is 9.21 Å². The van der Waals surface area contributed by atoms with Gasteiger partial charge in [0.1, 0.15) is 11.5 Å². The van der Waals surface area contributed by atoms with Gasteiger partial charge in [0, 0.05) is 17.6 Å². The van der Waals surface area contributed by atoms with E-state index in [0.717, 1.165) is 48.8 Å². The van der Waals surface area contributed by atoms with Gasteiger partial charge < -0.3 is 14.6 Å². The standard InChI is InChI=1S/C21H24N4O2S/c1-15-7-8-19(27-15)20-24-18(14-28-20)21(26)25(13-16-5-2-3-11-23-16)17-6-4-10-22-12-9-17/h2-3,5,7-8,11,14,17,22H,4,6,9-10,12-13H2,1H3. The maximum Gasteiger partial charge on any atom is 0.273 e. The monoisotopic (exact) mass is 396 g/mol. The van der Waals surface area contributed by atoms with Crippen LogP contribution in [0.5, 0.6) is 0 Å². The average molecular weight is 397 g/mol. The fourth-order valence-corrected chi connectivity index (χ4v) is 4.28. The molecular formula is C21H24N4O2S. The van der Waals surface area contributed by atoms with E-state index in [0.29, 0.717) is 18.0 Å². The van der Waals surface area contributed by atoms with Crippen molar-refractivity contribution in [1.82, 2.24) is 20.2 Å². The number of aryl methyl sites for hydroxylation is 1. The highest BCUT2D eigenvalue weighted by molar-refractivity contribution is 7.13. The molecule has 0 saturated carbocycles. The molecule has 3 aromatic heterocycles. The number of carbonyl (C=O) groups is 1. The molecule has 1 unspecified atom stereocenters. The second kappa shape index (κ2) is 8.67. The molecule has 4 heterocycles. The summed E-state index contributed by atoms with van der Waals surface area (Å²) < 4.78 is 5.66. The number of hydrogen-bond acceptors (Lipinski definition) is 6. The molecule has 0 radical (unpaired) electrons. The Morgan fingerprint density at radius 1 is 1.29 bits per heavy atom. The Kier molecular flexibility index (Phi) is 5.83. The van der Waals surface area contributed by atoms with E-state index in [9.17, 15) is 4.79 Å². The van der Waals surface area contributed by atoms with Crippen LogP contribution in [-0.2, 0) is 6.54 Å². The predicted molar refractivity (Wildman–Crippen MR) is 109 cm³/mol. The summed E-state index contributed by atoms with van der Waals surface area (Å²) in [7, 11) is 0. The zero-order valence-corrected chi connectivity index (χ0v) is 16.7. The number of carbonyl (C=O) groups excluding carboxylic acids is 1. The smallest absolute Gasteiger partial charge is 0.273 e. The van der Waals surface area contributed by atoms with Crippen molar-refractivity contribution in [1.29, 1.82) is 0 Å². The molecule has 4 rings (SSSR count). The van der Waals surface area contributed by atoms with Gasteiger partial charge in [0.05, 0.1) is 12.2 Å². The third-order valence-electron chi connectivity index (χ3n) is 4.98. The van der Waals surface area contributed by atoms with Gasteiger partial charge in [-0.2, -0.15) is 0 Å². The molecule has 1 aliphatic heterocycles. The van der Waals surface area contributed by atoms with Gasteiger partial charge in [0.15, 0.2) is 10.8 Å². The zero-order chi connectivity index (χ0) is 19.3. The third kappa shape index (κ3) is 4.31. The maximum absolute atomic E-state index is 13.4. The molecule has 1 atom stereocenters. The Balaban J connectivity index is 1.59. The topological polar surface area (TPSA) is 71.3 Å². The van der Waals surface area contributed by atoms with Gasteiger partial charge in [-0.3, -0.25) is 9.78 Å². The molecule has 3 aromatic rings. The number of rotatable bonds is 5. The van der Waals surface area contributed by atoms with Crippen LogP contribution in [-0.4, -0.2) is 39.9 Å². The van der Waals surface area contributed by atoms with Crippen LogP contribution < -0.4 is 5.32 Å². The van der Waals surface area contributed by atoms with E-state index in [1.165, 1.54) is 11.3 Å². The van der Waals surface area contributed by atoms with Crippen LogP contribution in [0.4, 0.5) is 0 Å². The van der Waals surface area contributed by atoms with E-state index in [2.05, 4.69) is 15.3 Å². The summed E-state index contributed by atoms with van der Waals surface area (Å²) in [5.41, 5.74) is 1.37. The van der Waals surface area contributed by atoms with E-state index in [4.69, 9.17) is 4.42 Å². The molecule has 7 heteroatoms. The van der Waals surface area contributed by atoms with Crippen molar-refractivity contribution in [3.05, 3.63) is 59.1 Å². The number of nitrogens with one attached hydrogen (secondary N) is 1. The first-order valence-electron chi connectivity index (χ1n) is 9.64. The fourth-order valence-electron chi connectivity index (χ4n) is 3.53. The third-order valence-corrected chi connectivity index (χ3v) is 5.84. The van der Waals surface area contributed by atoms with Crippen molar-refractivity contribution in [2.24, 2.45) is 0 Å². The summed E-state index contributed by atoms with van der Waals surface area (Å²) in [5, 5.41) is 5.99. The van der Waals surface area contributed by atoms with Crippen LogP contribution in [0.25, 0.3) is 10.8 Å². The minimum atomic E-state index is -0.0386. The predicted octanol–water partition coefficient (Wildman–Crippen LogP) is 3.89. The minimum Gasteiger partial charge on any atom is -0.459 e. The van der Waals surface area contributed by atoms with Crippen molar-refractivity contribution in [3.8, 4) is 10.8 Å². The molecule has 1 N–H and O–H groups in total. The molecule has 1 amide bonds. The molecule has 0 spiro atoms. The van der Waals surface area contributed by atoms with Crippen LogP contribution in [0.3, 0.4) is 0 Å². The van der Waals surface area contributed by atoms with Gasteiger partial charge in [-0.25, -0.2) is 4.98 Å². The Hall–Kier alpha value is -2.51. The van der Waals surface area contributed by atoms with Crippen molar-refractivity contribution in [2.45, 2.75) is 38.8 Å². The zero-order valence-electron chi connectivity index (χ0n) is 15.9. The van der Waals surface area contributed by atoms with Gasteiger partial charge in [-0.15, -0.1) is 11.3 Å². The first-order chi connectivity index (χ1) is 13.7. The lowest BCUT2D eigenvalue weighted by Gasteiger charge is -2.30. The van der Waals surface area contributed by atoms with E-state index in [-0.39, 0.29) is 11.9 Å². The fraction of sp³-hybridized carbons (Fsp3) is 0.381.